The van der Waals surface area contributed by atoms with Crippen molar-refractivity contribution in [1.82, 2.24) is 25.2 Å². The molecule has 1 amide bonds. The highest BCUT2D eigenvalue weighted by Gasteiger charge is 2.43. The first kappa shape index (κ1) is 22.4. The Bertz CT molecular complexity index is 938. The first-order valence-corrected chi connectivity index (χ1v) is 12.7. The molecule has 7 nitrogen and oxygen atoms in total. The Kier molecular flexibility index (Phi) is 6.95. The fourth-order valence-electron chi connectivity index (χ4n) is 6.21. The van der Waals surface area contributed by atoms with Gasteiger partial charge < -0.3 is 10.1 Å². The van der Waals surface area contributed by atoms with Crippen molar-refractivity contribution in [1.29, 1.82) is 0 Å². The van der Waals surface area contributed by atoms with Gasteiger partial charge in [-0.15, -0.1) is 5.10 Å². The summed E-state index contributed by atoms with van der Waals surface area (Å²) in [7, 11) is 1.67. The number of hydrogen-bond acceptors (Lipinski definition) is 5. The molecule has 1 unspecified atom stereocenters. The van der Waals surface area contributed by atoms with Crippen molar-refractivity contribution in [3.05, 3.63) is 41.7 Å². The molecule has 1 aromatic heterocycles. The molecule has 3 saturated heterocycles. The van der Waals surface area contributed by atoms with Crippen molar-refractivity contribution in [3.8, 4) is 5.75 Å². The Labute approximate surface area is 196 Å². The highest BCUT2D eigenvalue weighted by Crippen LogP contribution is 2.37. The van der Waals surface area contributed by atoms with E-state index in [4.69, 9.17) is 4.74 Å². The summed E-state index contributed by atoms with van der Waals surface area (Å²) in [5.74, 6) is 2.30. The van der Waals surface area contributed by atoms with Gasteiger partial charge in [-0.05, 0) is 43.7 Å². The minimum Gasteiger partial charge on any atom is -0.496 e. The average Bonchev–Trinajstić information content (AvgIpc) is 3.30. The van der Waals surface area contributed by atoms with Gasteiger partial charge in [0.25, 0.3) is 0 Å². The number of amides is 1. The van der Waals surface area contributed by atoms with Crippen LogP contribution in [0.4, 0.5) is 0 Å². The Hall–Kier alpha value is -2.41. The highest BCUT2D eigenvalue weighted by atomic mass is 16.5. The van der Waals surface area contributed by atoms with Crippen LogP contribution in [-0.4, -0.2) is 52.0 Å². The minimum absolute atomic E-state index is 0.0716. The summed E-state index contributed by atoms with van der Waals surface area (Å²) in [6, 6.07) is 8.32. The normalized spacial score (nSPS) is 27.4. The van der Waals surface area contributed by atoms with Crippen LogP contribution in [0.1, 0.15) is 56.2 Å². The number of aromatic nitrogens is 3. The summed E-state index contributed by atoms with van der Waals surface area (Å²) in [5.41, 5.74) is 2.16. The lowest BCUT2D eigenvalue weighted by molar-refractivity contribution is -0.133. The molecule has 7 heteroatoms. The predicted molar refractivity (Wildman–Crippen MR) is 127 cm³/mol. The number of para-hydroxylation sites is 1. The Balaban J connectivity index is 1.13. The molecular formula is C26H37N5O2. The van der Waals surface area contributed by atoms with Gasteiger partial charge in [-0.25, -0.2) is 0 Å². The van der Waals surface area contributed by atoms with Crippen LogP contribution in [-0.2, 0) is 24.3 Å². The van der Waals surface area contributed by atoms with E-state index in [1.165, 1.54) is 32.1 Å². The number of fused-ring (bicyclic) bond motifs is 3. The largest absolute Gasteiger partial charge is 0.496 e. The number of piperidine rings is 3. The lowest BCUT2D eigenvalue weighted by atomic mass is 9.75. The van der Waals surface area contributed by atoms with Crippen LogP contribution in [0.3, 0.4) is 0 Å². The average molecular weight is 452 g/mol. The van der Waals surface area contributed by atoms with Crippen LogP contribution >= 0.6 is 0 Å². The fourth-order valence-corrected chi connectivity index (χ4v) is 6.21. The van der Waals surface area contributed by atoms with Gasteiger partial charge in [0.15, 0.2) is 0 Å². The fraction of sp³-hybridized carbons (Fsp3) is 0.654. The third-order valence-electron chi connectivity index (χ3n) is 8.07. The van der Waals surface area contributed by atoms with Crippen LogP contribution < -0.4 is 10.1 Å². The lowest BCUT2D eigenvalue weighted by Crippen LogP contribution is -2.58. The lowest BCUT2D eigenvalue weighted by Gasteiger charge is -2.49. The molecule has 2 bridgehead atoms. The SMILES string of the molecule is COc1ccccc1CNC(=O)[C@H]1CN2CC[C@H]1C[C@@H]2Cn1cc(CC2CCCCC2)nn1. The van der Waals surface area contributed by atoms with Crippen molar-refractivity contribution in [2.45, 2.75) is 70.5 Å². The summed E-state index contributed by atoms with van der Waals surface area (Å²) in [5, 5.41) is 12.1. The Morgan fingerprint density at radius 3 is 2.82 bits per heavy atom. The van der Waals surface area contributed by atoms with E-state index in [2.05, 4.69) is 26.7 Å². The second-order valence-corrected chi connectivity index (χ2v) is 10.2. The Morgan fingerprint density at radius 1 is 1.18 bits per heavy atom. The molecule has 4 aliphatic rings. The van der Waals surface area contributed by atoms with Gasteiger partial charge in [0.2, 0.25) is 5.91 Å². The molecular weight excluding hydrogens is 414 g/mol. The molecule has 1 aromatic carbocycles. The van der Waals surface area contributed by atoms with E-state index < -0.39 is 0 Å². The van der Waals surface area contributed by atoms with Crippen LogP contribution in [0.25, 0.3) is 0 Å². The standard InChI is InChI=1S/C26H37N5O2/c1-33-25-10-6-5-9-21(25)15-27-26(32)24-18-30-12-11-20(24)14-23(30)17-31-16-22(28-29-31)13-19-7-3-2-4-8-19/h5-6,9-10,16,19-20,23-24H,2-4,7-8,11-15,17-18H2,1H3,(H,27,32)/t20-,23+,24-/m0/s1. The number of methoxy groups -OCH3 is 1. The van der Waals surface area contributed by atoms with Gasteiger partial charge >= 0.3 is 0 Å². The molecule has 1 saturated carbocycles. The summed E-state index contributed by atoms with van der Waals surface area (Å²) < 4.78 is 7.46. The van der Waals surface area contributed by atoms with Crippen molar-refractivity contribution in [3.63, 3.8) is 0 Å². The third-order valence-corrected chi connectivity index (χ3v) is 8.07. The summed E-state index contributed by atoms with van der Waals surface area (Å²) >= 11 is 0. The van der Waals surface area contributed by atoms with Gasteiger partial charge in [0.1, 0.15) is 5.75 Å². The number of ether oxygens (including phenoxy) is 1. The molecule has 4 atom stereocenters. The predicted octanol–water partition coefficient (Wildman–Crippen LogP) is 3.44. The molecule has 6 rings (SSSR count). The van der Waals surface area contributed by atoms with Crippen LogP contribution in [0.5, 0.6) is 5.75 Å². The molecule has 178 valence electrons. The van der Waals surface area contributed by atoms with Crippen molar-refractivity contribution >= 4 is 5.91 Å². The maximum atomic E-state index is 13.0. The van der Waals surface area contributed by atoms with Gasteiger partial charge in [0, 0.05) is 30.9 Å². The number of carbonyl (C=O) groups excluding carboxylic acids is 1. The van der Waals surface area contributed by atoms with Crippen LogP contribution in [0, 0.1) is 17.8 Å². The number of rotatable bonds is 8. The second kappa shape index (κ2) is 10.2. The third kappa shape index (κ3) is 5.24. The van der Waals surface area contributed by atoms with Crippen molar-refractivity contribution in [2.75, 3.05) is 20.2 Å². The first-order chi connectivity index (χ1) is 16.2. The maximum absolute atomic E-state index is 13.0. The smallest absolute Gasteiger partial charge is 0.224 e. The molecule has 3 aliphatic heterocycles. The quantitative estimate of drug-likeness (QED) is 0.666. The van der Waals surface area contributed by atoms with Gasteiger partial charge in [-0.2, -0.15) is 0 Å². The van der Waals surface area contributed by atoms with Crippen LogP contribution in [0.15, 0.2) is 30.5 Å². The number of nitrogens with one attached hydrogen (secondary N) is 1. The summed E-state index contributed by atoms with van der Waals surface area (Å²) in [6.07, 6.45) is 12.2. The van der Waals surface area contributed by atoms with Crippen molar-refractivity contribution in [2.24, 2.45) is 17.8 Å². The minimum atomic E-state index is 0.0716. The van der Waals surface area contributed by atoms with E-state index in [0.717, 1.165) is 61.8 Å². The van der Waals surface area contributed by atoms with E-state index >= 15 is 0 Å². The number of hydrogen-bond donors (Lipinski definition) is 1. The van der Waals surface area contributed by atoms with E-state index in [0.29, 0.717) is 18.5 Å². The Morgan fingerprint density at radius 2 is 2.03 bits per heavy atom. The molecule has 0 radical (unpaired) electrons. The zero-order valence-electron chi connectivity index (χ0n) is 19.8. The second-order valence-electron chi connectivity index (χ2n) is 10.2. The molecule has 0 spiro atoms. The van der Waals surface area contributed by atoms with E-state index in [1.54, 1.807) is 7.11 Å². The van der Waals surface area contributed by atoms with E-state index in [-0.39, 0.29) is 11.8 Å². The monoisotopic (exact) mass is 451 g/mol. The van der Waals surface area contributed by atoms with Gasteiger partial charge in [-0.1, -0.05) is 55.5 Å². The van der Waals surface area contributed by atoms with Crippen molar-refractivity contribution < 1.29 is 9.53 Å². The molecule has 33 heavy (non-hydrogen) atoms. The number of carbonyl (C=O) groups is 1. The zero-order chi connectivity index (χ0) is 22.6. The summed E-state index contributed by atoms with van der Waals surface area (Å²) in [6.45, 7) is 3.31. The highest BCUT2D eigenvalue weighted by molar-refractivity contribution is 5.79. The number of nitrogens with zero attached hydrogens (tertiary/aromatic N) is 4. The number of benzene rings is 1. The molecule has 2 aromatic rings. The summed E-state index contributed by atoms with van der Waals surface area (Å²) in [4.78, 5) is 15.5. The van der Waals surface area contributed by atoms with E-state index in [9.17, 15) is 4.79 Å². The first-order valence-electron chi connectivity index (χ1n) is 12.7. The maximum Gasteiger partial charge on any atom is 0.224 e. The molecule has 4 heterocycles. The zero-order valence-corrected chi connectivity index (χ0v) is 19.8. The molecule has 4 fully saturated rings. The molecule has 1 N–H and O–H groups in total. The van der Waals surface area contributed by atoms with E-state index in [1.807, 2.05) is 28.9 Å². The van der Waals surface area contributed by atoms with Gasteiger partial charge in [-0.3, -0.25) is 14.4 Å². The topological polar surface area (TPSA) is 72.3 Å². The molecule has 1 aliphatic carbocycles. The van der Waals surface area contributed by atoms with Crippen LogP contribution in [0.2, 0.25) is 0 Å². The van der Waals surface area contributed by atoms with Gasteiger partial charge in [0.05, 0.1) is 25.3 Å².